The van der Waals surface area contributed by atoms with Crippen molar-refractivity contribution in [2.24, 2.45) is 0 Å². The second-order valence-corrected chi connectivity index (χ2v) is 13.4. The molecule has 0 aromatic heterocycles. The van der Waals surface area contributed by atoms with Gasteiger partial charge in [-0.15, -0.1) is 0 Å². The quantitative estimate of drug-likeness (QED) is 0.158. The molecule has 0 fully saturated rings. The molecule has 48 heavy (non-hydrogen) atoms. The van der Waals surface area contributed by atoms with Crippen molar-refractivity contribution in [3.63, 3.8) is 0 Å². The maximum Gasteiger partial charge on any atom is 0.264 e. The van der Waals surface area contributed by atoms with Gasteiger partial charge in [0.2, 0.25) is 11.8 Å². The van der Waals surface area contributed by atoms with Gasteiger partial charge < -0.3 is 19.7 Å². The third kappa shape index (κ3) is 8.84. The van der Waals surface area contributed by atoms with E-state index in [0.717, 1.165) is 22.0 Å². The number of anilines is 1. The summed E-state index contributed by atoms with van der Waals surface area (Å²) in [7, 11) is -1.66. The van der Waals surface area contributed by atoms with Gasteiger partial charge in [0.25, 0.3) is 10.0 Å². The molecule has 0 heterocycles. The van der Waals surface area contributed by atoms with Crippen LogP contribution in [0.1, 0.15) is 31.4 Å². The number of nitrogens with one attached hydrogen (secondary N) is 1. The van der Waals surface area contributed by atoms with E-state index >= 15 is 0 Å². The molecule has 4 rings (SSSR count). The van der Waals surface area contributed by atoms with E-state index in [1.54, 1.807) is 24.3 Å². The van der Waals surface area contributed by atoms with E-state index in [-0.39, 0.29) is 35.3 Å². The van der Waals surface area contributed by atoms with Crippen LogP contribution in [0.25, 0.3) is 0 Å². The number of carbonyl (C=O) groups excluding carboxylic acids is 2. The molecule has 0 spiro atoms. The Bertz CT molecular complexity index is 1810. The Morgan fingerprint density at radius 1 is 0.896 bits per heavy atom. The van der Waals surface area contributed by atoms with Crippen molar-refractivity contribution in [3.05, 3.63) is 119 Å². The Labute approximate surface area is 286 Å². The third-order valence-electron chi connectivity index (χ3n) is 7.91. The van der Waals surface area contributed by atoms with Crippen LogP contribution in [-0.4, -0.2) is 58.0 Å². The fourth-order valence-electron chi connectivity index (χ4n) is 5.05. The summed E-state index contributed by atoms with van der Waals surface area (Å²) in [6.07, 6.45) is 0.808. The van der Waals surface area contributed by atoms with Gasteiger partial charge in [0.05, 0.1) is 24.8 Å². The van der Waals surface area contributed by atoms with Crippen molar-refractivity contribution in [1.29, 1.82) is 0 Å². The zero-order chi connectivity index (χ0) is 34.8. The Balaban J connectivity index is 1.84. The minimum atomic E-state index is -4.46. The van der Waals surface area contributed by atoms with Gasteiger partial charge >= 0.3 is 0 Å². The van der Waals surface area contributed by atoms with E-state index < -0.39 is 40.2 Å². The first-order chi connectivity index (χ1) is 23.0. The number of benzene rings is 4. The molecule has 0 unspecified atom stereocenters. The zero-order valence-electron chi connectivity index (χ0n) is 27.2. The number of rotatable bonds is 15. The fraction of sp³-hybridized carbons (Fsp3) is 0.278. The van der Waals surface area contributed by atoms with Gasteiger partial charge in [-0.1, -0.05) is 67.1 Å². The summed E-state index contributed by atoms with van der Waals surface area (Å²) in [5.41, 5.74) is 1.41. The molecule has 1 N–H and O–H groups in total. The molecule has 0 aliphatic heterocycles. The SMILES string of the molecule is CC[C@H](C)NC(=O)[C@H](Cc1ccccc1)N(Cc1ccccc1Cl)C(=O)CN(c1ccc(F)cc1)S(=O)(=O)c1ccc(OC)c(OC)c1. The topological polar surface area (TPSA) is 105 Å². The smallest absolute Gasteiger partial charge is 0.264 e. The molecule has 0 radical (unpaired) electrons. The van der Waals surface area contributed by atoms with Gasteiger partial charge in [0, 0.05) is 30.1 Å². The van der Waals surface area contributed by atoms with Crippen LogP contribution < -0.4 is 19.1 Å². The molecule has 0 bridgehead atoms. The monoisotopic (exact) mass is 695 g/mol. The number of methoxy groups -OCH3 is 2. The predicted octanol–water partition coefficient (Wildman–Crippen LogP) is 6.25. The average Bonchev–Trinajstić information content (AvgIpc) is 3.09. The molecular weight excluding hydrogens is 657 g/mol. The minimum absolute atomic E-state index is 0.0425. The van der Waals surface area contributed by atoms with Crippen LogP contribution in [0, 0.1) is 5.82 Å². The van der Waals surface area contributed by atoms with Crippen LogP contribution in [0.15, 0.2) is 102 Å². The van der Waals surface area contributed by atoms with Crippen molar-refractivity contribution in [2.75, 3.05) is 25.1 Å². The first-order valence-electron chi connectivity index (χ1n) is 15.4. The highest BCUT2D eigenvalue weighted by atomic mass is 35.5. The third-order valence-corrected chi connectivity index (χ3v) is 10.0. The summed E-state index contributed by atoms with van der Waals surface area (Å²) in [5.74, 6) is -1.19. The maximum absolute atomic E-state index is 14.6. The molecule has 4 aromatic rings. The van der Waals surface area contributed by atoms with Gasteiger partial charge in [-0.3, -0.25) is 13.9 Å². The normalized spacial score (nSPS) is 12.5. The van der Waals surface area contributed by atoms with Gasteiger partial charge in [-0.2, -0.15) is 0 Å². The van der Waals surface area contributed by atoms with E-state index in [1.807, 2.05) is 44.2 Å². The number of hydrogen-bond donors (Lipinski definition) is 1. The lowest BCUT2D eigenvalue weighted by Gasteiger charge is -2.34. The molecule has 9 nitrogen and oxygen atoms in total. The van der Waals surface area contributed by atoms with Crippen LogP contribution in [0.2, 0.25) is 5.02 Å². The second kappa shape index (κ2) is 16.5. The van der Waals surface area contributed by atoms with E-state index in [1.165, 1.54) is 49.5 Å². The molecule has 0 saturated heterocycles. The summed E-state index contributed by atoms with van der Waals surface area (Å²) in [5, 5.41) is 3.37. The Morgan fingerprint density at radius 3 is 2.17 bits per heavy atom. The minimum Gasteiger partial charge on any atom is -0.493 e. The number of hydrogen-bond acceptors (Lipinski definition) is 6. The van der Waals surface area contributed by atoms with Gasteiger partial charge in [0.1, 0.15) is 18.4 Å². The van der Waals surface area contributed by atoms with Crippen molar-refractivity contribution in [2.45, 2.75) is 50.2 Å². The molecule has 12 heteroatoms. The number of sulfonamides is 1. The Hall–Kier alpha value is -4.61. The predicted molar refractivity (Wildman–Crippen MR) is 184 cm³/mol. The molecule has 4 aromatic carbocycles. The van der Waals surface area contributed by atoms with Crippen LogP contribution >= 0.6 is 11.6 Å². The second-order valence-electron chi connectivity index (χ2n) is 11.1. The average molecular weight is 696 g/mol. The molecule has 0 saturated carbocycles. The standard InChI is InChI=1S/C36H39ClFN3O6S/c1-5-25(2)39-36(43)32(21-26-11-7-6-8-12-26)40(23-27-13-9-10-14-31(27)37)35(42)24-41(29-17-15-28(38)16-18-29)48(44,45)30-19-20-33(46-3)34(22-30)47-4/h6-20,22,25,32H,5,21,23-24H2,1-4H3,(H,39,43)/t25-,32-/m0/s1. The van der Waals surface area contributed by atoms with E-state index in [0.29, 0.717) is 22.8 Å². The summed E-state index contributed by atoms with van der Waals surface area (Å²) >= 11 is 6.54. The largest absolute Gasteiger partial charge is 0.493 e. The Morgan fingerprint density at radius 2 is 1.54 bits per heavy atom. The lowest BCUT2D eigenvalue weighted by molar-refractivity contribution is -0.140. The van der Waals surface area contributed by atoms with E-state index in [4.69, 9.17) is 21.1 Å². The number of ether oxygens (including phenoxy) is 2. The summed E-state index contributed by atoms with van der Waals surface area (Å²) < 4.78 is 54.1. The maximum atomic E-state index is 14.6. The zero-order valence-corrected chi connectivity index (χ0v) is 28.8. The van der Waals surface area contributed by atoms with Crippen molar-refractivity contribution < 1.29 is 31.9 Å². The molecular formula is C36H39ClFN3O6S. The van der Waals surface area contributed by atoms with Crippen LogP contribution in [0.5, 0.6) is 11.5 Å². The summed E-state index contributed by atoms with van der Waals surface area (Å²) in [6, 6.07) is 23.8. The molecule has 254 valence electrons. The van der Waals surface area contributed by atoms with Crippen molar-refractivity contribution >= 4 is 39.1 Å². The number of amides is 2. The van der Waals surface area contributed by atoms with E-state index in [2.05, 4.69) is 5.32 Å². The van der Waals surface area contributed by atoms with Crippen molar-refractivity contribution in [1.82, 2.24) is 10.2 Å². The summed E-state index contributed by atoms with van der Waals surface area (Å²) in [6.45, 7) is 3.00. The number of halogens is 2. The molecule has 2 amide bonds. The highest BCUT2D eigenvalue weighted by Gasteiger charge is 2.35. The van der Waals surface area contributed by atoms with Crippen molar-refractivity contribution in [3.8, 4) is 11.5 Å². The van der Waals surface area contributed by atoms with Gasteiger partial charge in [0.15, 0.2) is 11.5 Å². The Kier molecular flexibility index (Phi) is 12.4. The molecule has 2 atom stereocenters. The fourth-order valence-corrected chi connectivity index (χ4v) is 6.67. The van der Waals surface area contributed by atoms with Crippen LogP contribution in [-0.2, 0) is 32.6 Å². The van der Waals surface area contributed by atoms with Crippen LogP contribution in [0.4, 0.5) is 10.1 Å². The highest BCUT2D eigenvalue weighted by Crippen LogP contribution is 2.33. The molecule has 0 aliphatic rings. The lowest BCUT2D eigenvalue weighted by atomic mass is 10.0. The van der Waals surface area contributed by atoms with Gasteiger partial charge in [-0.05, 0) is 66.9 Å². The molecule has 0 aliphatic carbocycles. The van der Waals surface area contributed by atoms with Gasteiger partial charge in [-0.25, -0.2) is 12.8 Å². The number of nitrogens with zero attached hydrogens (tertiary/aromatic N) is 2. The van der Waals surface area contributed by atoms with Crippen LogP contribution in [0.3, 0.4) is 0 Å². The lowest BCUT2D eigenvalue weighted by Crippen LogP contribution is -2.54. The summed E-state index contributed by atoms with van der Waals surface area (Å²) in [4.78, 5) is 29.7. The first kappa shape index (κ1) is 36.2. The highest BCUT2D eigenvalue weighted by molar-refractivity contribution is 7.92. The number of carbonyl (C=O) groups is 2. The van der Waals surface area contributed by atoms with E-state index in [9.17, 15) is 22.4 Å². The first-order valence-corrected chi connectivity index (χ1v) is 17.2.